The Kier molecular flexibility index (Phi) is 12.1. The minimum Gasteiger partial charge on any atom is -0.456 e. The van der Waals surface area contributed by atoms with E-state index in [2.05, 4.69) is 209 Å². The van der Waals surface area contributed by atoms with E-state index in [0.29, 0.717) is 23.7 Å². The number of ether oxygens (including phenoxy) is 2. The van der Waals surface area contributed by atoms with Crippen molar-refractivity contribution in [1.82, 2.24) is 4.57 Å². The maximum atomic E-state index is 8.06. The highest BCUT2D eigenvalue weighted by Crippen LogP contribution is 2.53. The van der Waals surface area contributed by atoms with E-state index in [9.17, 15) is 0 Å². The Bertz CT molecular complexity index is 4490. The van der Waals surface area contributed by atoms with E-state index in [4.69, 9.17) is 9.47 Å². The van der Waals surface area contributed by atoms with Gasteiger partial charge in [-0.25, -0.2) is 0 Å². The molecule has 18 rings (SSSR count). The maximum absolute atomic E-state index is 8.06. The van der Waals surface area contributed by atoms with Crippen LogP contribution in [0.3, 0.4) is 0 Å². The van der Waals surface area contributed by atoms with Crippen molar-refractivity contribution >= 4 is 85.1 Å². The standard InChI is InChI=1S/C82H80B2N2O2/c1-81(2,3)61-33-23-54(24-34-61)58-31-41-72-67(46-58)83-66-45-57(51-19-11-12-20-51)30-40-71(66)85(63-37-27-53(28-38-63)49-15-7-8-16-49)77-74(83)80(88-72)78-75-79(77)87-73-42-32-59(55-25-35-62(36-26-55)82(4,5)6)47-68(73)84(75)69-48-60(52-21-13-14-22-52)44-65-64-43-56(50-17-9-10-18-50)29-39-70(64)86(78)76(65)69/h23-52H,7-22H2,1-6H3. The van der Waals surface area contributed by atoms with Crippen LogP contribution in [0.2, 0.25) is 0 Å². The van der Waals surface area contributed by atoms with Crippen molar-refractivity contribution in [2.24, 2.45) is 0 Å². The number of anilines is 3. The van der Waals surface area contributed by atoms with Gasteiger partial charge in [-0.1, -0.05) is 202 Å². The van der Waals surface area contributed by atoms with E-state index in [0.717, 1.165) is 34.4 Å². The number of aromatic nitrogens is 1. The topological polar surface area (TPSA) is 26.6 Å². The summed E-state index contributed by atoms with van der Waals surface area (Å²) in [4.78, 5) is 2.63. The Balaban J connectivity index is 0.956. The highest BCUT2D eigenvalue weighted by Gasteiger charge is 2.52. The van der Waals surface area contributed by atoms with Gasteiger partial charge in [0.25, 0.3) is 13.4 Å². The molecule has 9 aromatic carbocycles. The van der Waals surface area contributed by atoms with Gasteiger partial charge in [0.1, 0.15) is 23.0 Å². The van der Waals surface area contributed by atoms with Gasteiger partial charge in [-0.3, -0.25) is 0 Å². The molecule has 10 aromatic rings. The van der Waals surface area contributed by atoms with E-state index in [1.54, 1.807) is 0 Å². The Labute approximate surface area is 521 Å². The molecule has 4 aliphatic heterocycles. The van der Waals surface area contributed by atoms with Crippen LogP contribution in [0, 0.1) is 0 Å². The van der Waals surface area contributed by atoms with E-state index < -0.39 is 0 Å². The van der Waals surface area contributed by atoms with Gasteiger partial charge < -0.3 is 18.9 Å². The summed E-state index contributed by atoms with van der Waals surface area (Å²) in [6.45, 7) is 13.6. The lowest BCUT2D eigenvalue weighted by Crippen LogP contribution is -2.63. The SMILES string of the molecule is CC(C)(C)c1ccc(-c2ccc3c(c2)B2c4cc(C5CCCC5)ccc4N(c4ccc(C5CCCC5)cc4)c4c5c6c(c(c42)O3)-n2c3ccc(C4CCCC4)cc3c3cc(C4CCCC4)cc(c32)B6c2cc(-c3ccc(C(C)(C)C)cc3)ccc2O5)cc1. The quantitative estimate of drug-likeness (QED) is 0.149. The van der Waals surface area contributed by atoms with E-state index in [1.165, 1.54) is 224 Å². The summed E-state index contributed by atoms with van der Waals surface area (Å²) >= 11 is 0. The van der Waals surface area contributed by atoms with Crippen LogP contribution in [-0.4, -0.2) is 18.0 Å². The summed E-state index contributed by atoms with van der Waals surface area (Å²) in [7, 11) is 0. The molecule has 5 heterocycles. The van der Waals surface area contributed by atoms with Crippen LogP contribution in [0.4, 0.5) is 17.1 Å². The van der Waals surface area contributed by atoms with Crippen molar-refractivity contribution in [2.75, 3.05) is 4.90 Å². The number of hydrogen-bond donors (Lipinski definition) is 0. The van der Waals surface area contributed by atoms with Crippen molar-refractivity contribution in [3.05, 3.63) is 191 Å². The largest absolute Gasteiger partial charge is 0.456 e. The average Bonchev–Trinajstić information content (AvgIpc) is 1.12. The first-order valence-electron chi connectivity index (χ1n) is 34.1. The number of rotatable bonds is 7. The Hall–Kier alpha value is -7.69. The third-order valence-electron chi connectivity index (χ3n) is 23.0. The molecule has 6 heteroatoms. The van der Waals surface area contributed by atoms with Gasteiger partial charge in [-0.2, -0.15) is 0 Å². The summed E-state index contributed by atoms with van der Waals surface area (Å²) in [5.74, 6) is 6.09. The molecule has 436 valence electrons. The lowest BCUT2D eigenvalue weighted by atomic mass is 9.31. The predicted molar refractivity (Wildman–Crippen MR) is 371 cm³/mol. The fourth-order valence-corrected chi connectivity index (χ4v) is 18.2. The van der Waals surface area contributed by atoms with Gasteiger partial charge in [-0.15, -0.1) is 0 Å². The van der Waals surface area contributed by atoms with Crippen LogP contribution in [0.1, 0.15) is 201 Å². The van der Waals surface area contributed by atoms with Crippen molar-refractivity contribution in [3.63, 3.8) is 0 Å². The van der Waals surface area contributed by atoms with Gasteiger partial charge in [-0.05, 0) is 212 Å². The zero-order valence-corrected chi connectivity index (χ0v) is 52.5. The smallest absolute Gasteiger partial charge is 0.256 e. The zero-order chi connectivity index (χ0) is 58.9. The second-order valence-corrected chi connectivity index (χ2v) is 30.2. The predicted octanol–water partition coefficient (Wildman–Crippen LogP) is 18.7. The molecule has 4 aliphatic carbocycles. The van der Waals surface area contributed by atoms with Crippen LogP contribution in [0.25, 0.3) is 49.7 Å². The first-order valence-corrected chi connectivity index (χ1v) is 34.1. The molecule has 0 bridgehead atoms. The van der Waals surface area contributed by atoms with E-state index in [1.807, 2.05) is 0 Å². The van der Waals surface area contributed by atoms with Gasteiger partial charge in [0.05, 0.1) is 16.9 Å². The Morgan fingerprint density at radius 3 is 1.35 bits per heavy atom. The summed E-state index contributed by atoms with van der Waals surface area (Å²) in [5, 5.41) is 2.76. The van der Waals surface area contributed by atoms with Crippen LogP contribution < -0.4 is 47.2 Å². The van der Waals surface area contributed by atoms with E-state index in [-0.39, 0.29) is 24.3 Å². The van der Waals surface area contributed by atoms with Gasteiger partial charge in [0.2, 0.25) is 0 Å². The fourth-order valence-electron chi connectivity index (χ4n) is 18.2. The van der Waals surface area contributed by atoms with E-state index >= 15 is 0 Å². The summed E-state index contributed by atoms with van der Waals surface area (Å²) in [6.07, 6.45) is 20.4. The molecular formula is C82H80B2N2O2. The van der Waals surface area contributed by atoms with Gasteiger partial charge in [0, 0.05) is 38.6 Å². The van der Waals surface area contributed by atoms with Gasteiger partial charge in [0.15, 0.2) is 0 Å². The zero-order valence-electron chi connectivity index (χ0n) is 52.5. The molecule has 4 saturated carbocycles. The lowest BCUT2D eigenvalue weighted by molar-refractivity contribution is 0.475. The molecule has 0 radical (unpaired) electrons. The van der Waals surface area contributed by atoms with Gasteiger partial charge >= 0.3 is 0 Å². The molecule has 4 nitrogen and oxygen atoms in total. The second kappa shape index (κ2) is 19.9. The number of nitrogens with zero attached hydrogens (tertiary/aromatic N) is 2. The van der Waals surface area contributed by atoms with Crippen LogP contribution in [0.5, 0.6) is 23.0 Å². The molecular weight excluding hydrogens is 1070 g/mol. The van der Waals surface area contributed by atoms with Crippen LogP contribution in [-0.2, 0) is 10.8 Å². The van der Waals surface area contributed by atoms with Crippen molar-refractivity contribution < 1.29 is 9.47 Å². The molecule has 0 amide bonds. The average molecular weight is 1150 g/mol. The highest BCUT2D eigenvalue weighted by molar-refractivity contribution is 7.02. The first kappa shape index (κ1) is 53.3. The normalized spacial score (nSPS) is 18.0. The first-order chi connectivity index (χ1) is 42.9. The number of benzene rings is 9. The third-order valence-corrected chi connectivity index (χ3v) is 23.0. The van der Waals surface area contributed by atoms with Crippen molar-refractivity contribution in [2.45, 2.75) is 179 Å². The fraction of sp³-hybridized carbons (Fsp3) is 0.341. The number of hydrogen-bond acceptors (Lipinski definition) is 3. The molecule has 0 N–H and O–H groups in total. The number of fused-ring (bicyclic) bond motifs is 13. The third kappa shape index (κ3) is 8.24. The molecule has 0 atom stereocenters. The molecule has 8 aliphatic rings. The monoisotopic (exact) mass is 1150 g/mol. The van der Waals surface area contributed by atoms with Crippen LogP contribution in [0.15, 0.2) is 158 Å². The summed E-state index contributed by atoms with van der Waals surface area (Å²) in [5.41, 5.74) is 28.5. The lowest BCUT2D eigenvalue weighted by Gasteiger charge is -2.45. The summed E-state index contributed by atoms with van der Waals surface area (Å²) < 4.78 is 18.8. The molecule has 0 saturated heterocycles. The van der Waals surface area contributed by atoms with Crippen molar-refractivity contribution in [3.8, 4) is 50.9 Å². The second-order valence-electron chi connectivity index (χ2n) is 30.2. The molecule has 1 aromatic heterocycles. The maximum Gasteiger partial charge on any atom is 0.256 e. The molecule has 0 unspecified atom stereocenters. The van der Waals surface area contributed by atoms with Crippen LogP contribution >= 0.6 is 0 Å². The molecule has 0 spiro atoms. The minimum atomic E-state index is -0.145. The summed E-state index contributed by atoms with van der Waals surface area (Å²) in [6, 6.07) is 63.4. The highest BCUT2D eigenvalue weighted by atomic mass is 16.5. The molecule has 4 fully saturated rings. The minimum absolute atomic E-state index is 0.0583. The molecule has 88 heavy (non-hydrogen) atoms. The van der Waals surface area contributed by atoms with Crippen molar-refractivity contribution in [1.29, 1.82) is 0 Å². The Morgan fingerprint density at radius 1 is 0.375 bits per heavy atom. The Morgan fingerprint density at radius 2 is 0.807 bits per heavy atom.